The van der Waals surface area contributed by atoms with Gasteiger partial charge in [-0.25, -0.2) is 21.5 Å². The summed E-state index contributed by atoms with van der Waals surface area (Å²) >= 11 is 0. The molecule has 156 valence electrons. The third-order valence-corrected chi connectivity index (χ3v) is 4.93. The molecule has 15 heteroatoms. The number of nitrogens with two attached hydrogens (primary N) is 1. The number of hydrogen-bond acceptors (Lipinski definition) is 12. The predicted molar refractivity (Wildman–Crippen MR) is 91.4 cm³/mol. The van der Waals surface area contributed by atoms with Crippen LogP contribution in [0.25, 0.3) is 16.0 Å². The van der Waals surface area contributed by atoms with E-state index in [0.717, 1.165) is 0 Å². The zero-order valence-corrected chi connectivity index (χ0v) is 15.6. The zero-order valence-electron chi connectivity index (χ0n) is 14.7. The number of aliphatic hydroxyl groups excluding tert-OH is 2. The van der Waals surface area contributed by atoms with E-state index in [1.165, 1.54) is 17.2 Å². The van der Waals surface area contributed by atoms with E-state index in [4.69, 9.17) is 17.0 Å². The van der Waals surface area contributed by atoms with Crippen LogP contribution in [0.3, 0.4) is 0 Å². The molecule has 1 unspecified atom stereocenters. The minimum absolute atomic E-state index is 0.106. The van der Waals surface area contributed by atoms with Gasteiger partial charge in [-0.3, -0.25) is 13.9 Å². The molecular weight excluding hydrogens is 411 g/mol. The van der Waals surface area contributed by atoms with Gasteiger partial charge in [0.1, 0.15) is 36.6 Å². The molecule has 2 aromatic rings. The van der Waals surface area contributed by atoms with Crippen molar-refractivity contribution in [2.45, 2.75) is 31.0 Å². The van der Waals surface area contributed by atoms with Gasteiger partial charge in [0.15, 0.2) is 17.7 Å². The molecule has 1 fully saturated rings. The summed E-state index contributed by atoms with van der Waals surface area (Å²) in [5, 5.41) is 20.5. The van der Waals surface area contributed by atoms with Gasteiger partial charge < -0.3 is 39.5 Å². The van der Waals surface area contributed by atoms with E-state index in [-0.39, 0.29) is 23.5 Å². The number of ether oxygens (including phenoxy) is 1. The van der Waals surface area contributed by atoms with Gasteiger partial charge in [0.25, 0.3) is 0 Å². The summed E-state index contributed by atoms with van der Waals surface area (Å²) in [6.45, 7) is 5.59. The van der Waals surface area contributed by atoms with Crippen LogP contribution in [-0.2, 0) is 23.1 Å². The van der Waals surface area contributed by atoms with E-state index >= 15 is 0 Å². The first-order valence-corrected chi connectivity index (χ1v) is 9.65. The number of phosphoric acid groups is 1. The summed E-state index contributed by atoms with van der Waals surface area (Å²) in [6, 6.07) is 0. The molecule has 14 nitrogen and oxygen atoms in total. The quantitative estimate of drug-likeness (QED) is 0.337. The Kier molecular flexibility index (Phi) is 6.08. The number of nitrogen functional groups attached to an aromatic ring is 1. The number of phosphoric ester groups is 1. The topological polar surface area (TPSA) is 199 Å². The Balaban J connectivity index is 1.67. The summed E-state index contributed by atoms with van der Waals surface area (Å²) in [5.74, 6) is -1.04. The first-order valence-electron chi connectivity index (χ1n) is 8.19. The summed E-state index contributed by atoms with van der Waals surface area (Å²) in [4.78, 5) is 37.8. The number of fused-ring (bicyclic) bond motifs is 1. The number of nitrogens with zero attached hydrogens (tertiary/aromatic N) is 5. The monoisotopic (exact) mass is 427 g/mol. The Morgan fingerprint density at radius 2 is 2.17 bits per heavy atom. The van der Waals surface area contributed by atoms with Crippen LogP contribution in [-0.4, -0.2) is 67.2 Å². The van der Waals surface area contributed by atoms with Crippen molar-refractivity contribution in [3.8, 4) is 0 Å². The lowest BCUT2D eigenvalue weighted by atomic mass is 10.1. The van der Waals surface area contributed by atoms with Gasteiger partial charge >= 0.3 is 13.8 Å². The summed E-state index contributed by atoms with van der Waals surface area (Å²) in [6.07, 6.45) is -3.37. The van der Waals surface area contributed by atoms with Gasteiger partial charge in [-0.05, 0) is 0 Å². The zero-order chi connectivity index (χ0) is 21.2. The van der Waals surface area contributed by atoms with Crippen molar-refractivity contribution in [3.63, 3.8) is 0 Å². The molecule has 3 rings (SSSR count). The van der Waals surface area contributed by atoms with Crippen LogP contribution in [0.5, 0.6) is 0 Å². The minimum Gasteiger partial charge on any atom is -0.746 e. The second kappa shape index (κ2) is 8.37. The third-order valence-electron chi connectivity index (χ3n) is 4.04. The smallest absolute Gasteiger partial charge is 0.322 e. The molecule has 0 aliphatic carbocycles. The molecule has 5 atom stereocenters. The maximum atomic E-state index is 11.7. The number of imidazole rings is 1. The fourth-order valence-electron chi connectivity index (χ4n) is 2.66. The fraction of sp³-hybridized carbons (Fsp3) is 0.500. The normalized spacial score (nSPS) is 26.1. The molecule has 0 saturated carbocycles. The molecule has 0 aromatic carbocycles. The highest BCUT2D eigenvalue weighted by atomic mass is 31.2. The molecule has 0 spiro atoms. The second-order valence-corrected chi connectivity index (χ2v) is 7.30. The minimum atomic E-state index is -5.04. The summed E-state index contributed by atoms with van der Waals surface area (Å²) in [7, 11) is -5.04. The highest BCUT2D eigenvalue weighted by molar-refractivity contribution is 7.46. The number of aliphatic hydroxyl groups is 2. The van der Waals surface area contributed by atoms with Crippen molar-refractivity contribution in [2.24, 2.45) is 0 Å². The van der Waals surface area contributed by atoms with Crippen molar-refractivity contribution in [1.82, 2.24) is 19.5 Å². The second-order valence-electron chi connectivity index (χ2n) is 5.97. The SMILES string of the molecule is [C-]#[N+]CCC(=O)OP(=O)([O-])OC[C@H]1O[C@@H](n2cnc3c(N)ncnc32)[C@H](O)[C@@H]1O. The molecule has 4 N–H and O–H groups in total. The van der Waals surface area contributed by atoms with Crippen molar-refractivity contribution < 1.29 is 38.3 Å². The van der Waals surface area contributed by atoms with Gasteiger partial charge in [0.05, 0.1) is 12.9 Å². The maximum absolute atomic E-state index is 11.7. The predicted octanol–water partition coefficient (Wildman–Crippen LogP) is -1.63. The number of hydrogen-bond donors (Lipinski definition) is 3. The number of anilines is 1. The highest BCUT2D eigenvalue weighted by Crippen LogP contribution is 2.41. The van der Waals surface area contributed by atoms with Crippen LogP contribution in [0.1, 0.15) is 12.6 Å². The van der Waals surface area contributed by atoms with E-state index in [1.54, 1.807) is 0 Å². The van der Waals surface area contributed by atoms with E-state index in [9.17, 15) is 24.5 Å². The molecule has 0 amide bonds. The number of carbonyl (C=O) groups is 1. The first kappa shape index (κ1) is 21.1. The lowest BCUT2D eigenvalue weighted by Crippen LogP contribution is -2.34. The van der Waals surface area contributed by atoms with E-state index in [1.807, 2.05) is 0 Å². The van der Waals surface area contributed by atoms with Gasteiger partial charge in [0, 0.05) is 0 Å². The molecule has 1 aliphatic rings. The Morgan fingerprint density at radius 1 is 1.41 bits per heavy atom. The Labute approximate surface area is 163 Å². The van der Waals surface area contributed by atoms with E-state index < -0.39 is 51.4 Å². The van der Waals surface area contributed by atoms with Gasteiger partial charge in [-0.15, -0.1) is 0 Å². The fourth-order valence-corrected chi connectivity index (χ4v) is 3.38. The Morgan fingerprint density at radius 3 is 2.90 bits per heavy atom. The Bertz CT molecular complexity index is 992. The first-order chi connectivity index (χ1) is 13.7. The van der Waals surface area contributed by atoms with Gasteiger partial charge in [-0.2, -0.15) is 0 Å². The van der Waals surface area contributed by atoms with Crippen LogP contribution in [0.4, 0.5) is 5.82 Å². The van der Waals surface area contributed by atoms with E-state index in [2.05, 4.69) is 28.8 Å². The van der Waals surface area contributed by atoms with Crippen LogP contribution < -0.4 is 10.6 Å². The Hall–Kier alpha value is -2.66. The van der Waals surface area contributed by atoms with Crippen molar-refractivity contribution >= 4 is 30.8 Å². The molecule has 1 saturated heterocycles. The van der Waals surface area contributed by atoms with Crippen LogP contribution in [0.15, 0.2) is 12.7 Å². The molecule has 0 radical (unpaired) electrons. The van der Waals surface area contributed by atoms with Crippen molar-refractivity contribution in [3.05, 3.63) is 24.1 Å². The van der Waals surface area contributed by atoms with Crippen LogP contribution in [0.2, 0.25) is 0 Å². The van der Waals surface area contributed by atoms with Crippen molar-refractivity contribution in [1.29, 1.82) is 0 Å². The maximum Gasteiger partial charge on any atom is 0.322 e. The molecule has 1 aliphatic heterocycles. The number of rotatable bonds is 7. The van der Waals surface area contributed by atoms with Crippen LogP contribution >= 0.6 is 7.82 Å². The summed E-state index contributed by atoms with van der Waals surface area (Å²) in [5.41, 5.74) is 6.19. The largest absolute Gasteiger partial charge is 0.746 e. The lowest BCUT2D eigenvalue weighted by Gasteiger charge is -2.24. The van der Waals surface area contributed by atoms with Crippen molar-refractivity contribution in [2.75, 3.05) is 18.9 Å². The molecule has 2 aromatic heterocycles. The number of aromatic nitrogens is 4. The molecule has 29 heavy (non-hydrogen) atoms. The van der Waals surface area contributed by atoms with E-state index in [0.29, 0.717) is 0 Å². The summed E-state index contributed by atoms with van der Waals surface area (Å²) < 4.78 is 27.3. The molecule has 0 bridgehead atoms. The van der Waals surface area contributed by atoms with Gasteiger partial charge in [-0.1, -0.05) is 0 Å². The lowest BCUT2D eigenvalue weighted by molar-refractivity contribution is -0.227. The van der Waals surface area contributed by atoms with Gasteiger partial charge in [0.2, 0.25) is 6.54 Å². The third kappa shape index (κ3) is 4.51. The average Bonchev–Trinajstić information content (AvgIpc) is 3.21. The number of carbonyl (C=O) groups excluding carboxylic acids is 1. The molecule has 3 heterocycles. The highest BCUT2D eigenvalue weighted by Gasteiger charge is 2.45. The van der Waals surface area contributed by atoms with Crippen LogP contribution in [0, 0.1) is 6.57 Å². The average molecular weight is 427 g/mol. The standard InChI is InChI=1S/C14H17N6O8P/c1-16-3-2-8(21)28-29(24,25)26-4-7-10(22)11(23)14(27-7)20-6-19-9-12(15)17-5-18-13(9)20/h5-7,10-11,14,22-23H,2-4H2,(H,24,25)(H2,15,17,18)/p-1/t7-,10-,11-,14-/m1/s1. The molecular formula is C14H16N6O8P-.